The Kier molecular flexibility index (Phi) is 4.33. The van der Waals surface area contributed by atoms with Crippen molar-refractivity contribution in [1.82, 2.24) is 5.32 Å². The van der Waals surface area contributed by atoms with Crippen LogP contribution in [0.3, 0.4) is 0 Å². The highest BCUT2D eigenvalue weighted by molar-refractivity contribution is 5.96. The maximum absolute atomic E-state index is 12.4. The molecule has 1 fully saturated rings. The highest BCUT2D eigenvalue weighted by atomic mass is 16.5. The summed E-state index contributed by atoms with van der Waals surface area (Å²) in [5.74, 6) is 0.0357. The molecule has 1 atom stereocenters. The molecule has 18 heavy (non-hydrogen) atoms. The largest absolute Gasteiger partial charge is 0.366 e. The van der Waals surface area contributed by atoms with Crippen molar-refractivity contribution in [2.24, 2.45) is 0 Å². The number of ether oxygens (including phenoxy) is 1. The first-order chi connectivity index (χ1) is 8.72. The van der Waals surface area contributed by atoms with Crippen LogP contribution < -0.4 is 10.2 Å². The topological polar surface area (TPSA) is 41.6 Å². The van der Waals surface area contributed by atoms with E-state index >= 15 is 0 Å². The van der Waals surface area contributed by atoms with E-state index in [2.05, 4.69) is 5.32 Å². The molecule has 1 aliphatic rings. The molecule has 0 bridgehead atoms. The van der Waals surface area contributed by atoms with Crippen LogP contribution in [0.5, 0.6) is 0 Å². The quantitative estimate of drug-likeness (QED) is 0.877. The van der Waals surface area contributed by atoms with Crippen molar-refractivity contribution in [3.8, 4) is 0 Å². The molecule has 2 rings (SSSR count). The minimum absolute atomic E-state index is 0.0357. The predicted molar refractivity (Wildman–Crippen MR) is 71.8 cm³/mol. The van der Waals surface area contributed by atoms with Crippen LogP contribution in [0.25, 0.3) is 0 Å². The third-order valence-corrected chi connectivity index (χ3v) is 3.13. The smallest absolute Gasteiger partial charge is 0.257 e. The fourth-order valence-corrected chi connectivity index (χ4v) is 2.09. The Labute approximate surface area is 108 Å². The average molecular weight is 248 g/mol. The van der Waals surface area contributed by atoms with Gasteiger partial charge in [0.15, 0.2) is 0 Å². The molecular formula is C14H20N2O2. The minimum atomic E-state index is -0.361. The number of nitrogens with zero attached hydrogens (tertiary/aromatic N) is 1. The molecule has 1 aromatic carbocycles. The van der Waals surface area contributed by atoms with Gasteiger partial charge in [-0.05, 0) is 26.0 Å². The van der Waals surface area contributed by atoms with E-state index in [1.165, 1.54) is 5.56 Å². The number of carbonyl (C=O) groups excluding carboxylic acids is 1. The lowest BCUT2D eigenvalue weighted by Gasteiger charge is -2.29. The summed E-state index contributed by atoms with van der Waals surface area (Å²) in [7, 11) is 0. The SMILES string of the molecule is CCN(C(=O)C1CNCCO1)c1ccc(C)cc1. The maximum Gasteiger partial charge on any atom is 0.257 e. The zero-order valence-electron chi connectivity index (χ0n) is 11.0. The number of morpholine rings is 1. The number of hydrogen-bond acceptors (Lipinski definition) is 3. The molecule has 1 amide bonds. The number of aryl methyl sites for hydroxylation is 1. The Morgan fingerprint density at radius 3 is 2.72 bits per heavy atom. The van der Waals surface area contributed by atoms with Gasteiger partial charge in [0.1, 0.15) is 6.10 Å². The number of nitrogens with one attached hydrogen (secondary N) is 1. The van der Waals surface area contributed by atoms with Crippen molar-refractivity contribution in [2.75, 3.05) is 31.1 Å². The van der Waals surface area contributed by atoms with Crippen LogP contribution in [0.15, 0.2) is 24.3 Å². The van der Waals surface area contributed by atoms with Gasteiger partial charge in [-0.1, -0.05) is 17.7 Å². The van der Waals surface area contributed by atoms with E-state index < -0.39 is 0 Å². The van der Waals surface area contributed by atoms with Crippen LogP contribution in [0.2, 0.25) is 0 Å². The number of anilines is 1. The number of benzene rings is 1. The number of rotatable bonds is 3. The fraction of sp³-hybridized carbons (Fsp3) is 0.500. The molecule has 1 aromatic rings. The minimum Gasteiger partial charge on any atom is -0.366 e. The first kappa shape index (κ1) is 13.1. The normalized spacial score (nSPS) is 19.6. The van der Waals surface area contributed by atoms with Crippen LogP contribution >= 0.6 is 0 Å². The van der Waals surface area contributed by atoms with Gasteiger partial charge in [0.2, 0.25) is 0 Å². The fourth-order valence-electron chi connectivity index (χ4n) is 2.09. The monoisotopic (exact) mass is 248 g/mol. The van der Waals surface area contributed by atoms with Crippen molar-refractivity contribution in [1.29, 1.82) is 0 Å². The van der Waals surface area contributed by atoms with Gasteiger partial charge in [0.05, 0.1) is 6.61 Å². The Morgan fingerprint density at radius 2 is 2.17 bits per heavy atom. The van der Waals surface area contributed by atoms with Crippen molar-refractivity contribution < 1.29 is 9.53 Å². The lowest BCUT2D eigenvalue weighted by atomic mass is 10.2. The molecule has 0 radical (unpaired) electrons. The van der Waals surface area contributed by atoms with Gasteiger partial charge in [-0.15, -0.1) is 0 Å². The van der Waals surface area contributed by atoms with Crippen molar-refractivity contribution in [3.63, 3.8) is 0 Å². The van der Waals surface area contributed by atoms with E-state index in [-0.39, 0.29) is 12.0 Å². The number of likely N-dealkylation sites (N-methyl/N-ethyl adjacent to an activating group) is 1. The molecule has 1 N–H and O–H groups in total. The molecule has 0 saturated carbocycles. The van der Waals surface area contributed by atoms with Crippen molar-refractivity contribution in [3.05, 3.63) is 29.8 Å². The number of carbonyl (C=O) groups is 1. The molecule has 0 aliphatic carbocycles. The molecular weight excluding hydrogens is 228 g/mol. The van der Waals surface area contributed by atoms with Crippen LogP contribution in [-0.2, 0) is 9.53 Å². The predicted octanol–water partition coefficient (Wildman–Crippen LogP) is 1.34. The summed E-state index contributed by atoms with van der Waals surface area (Å²) in [6.45, 7) is 6.69. The summed E-state index contributed by atoms with van der Waals surface area (Å²) in [6, 6.07) is 8.00. The average Bonchev–Trinajstić information content (AvgIpc) is 2.42. The zero-order chi connectivity index (χ0) is 13.0. The first-order valence-electron chi connectivity index (χ1n) is 6.42. The van der Waals surface area contributed by atoms with E-state index in [0.717, 1.165) is 12.2 Å². The standard InChI is InChI=1S/C14H20N2O2/c1-3-16(12-6-4-11(2)5-7-12)14(17)13-10-15-8-9-18-13/h4-7,13,15H,3,8-10H2,1-2H3. The number of amides is 1. The van der Waals surface area contributed by atoms with Gasteiger partial charge in [0, 0.05) is 25.3 Å². The number of hydrogen-bond donors (Lipinski definition) is 1. The Bertz CT molecular complexity index is 397. The molecule has 1 heterocycles. The van der Waals surface area contributed by atoms with Crippen molar-refractivity contribution in [2.45, 2.75) is 20.0 Å². The molecule has 98 valence electrons. The molecule has 4 nitrogen and oxygen atoms in total. The lowest BCUT2D eigenvalue weighted by molar-refractivity contribution is -0.131. The summed E-state index contributed by atoms with van der Waals surface area (Å²) in [6.07, 6.45) is -0.361. The van der Waals surface area contributed by atoms with Crippen LogP contribution in [-0.4, -0.2) is 38.3 Å². The summed E-state index contributed by atoms with van der Waals surface area (Å²) < 4.78 is 5.51. The second kappa shape index (κ2) is 5.98. The van der Waals surface area contributed by atoms with Crippen LogP contribution in [0.4, 0.5) is 5.69 Å². The molecule has 4 heteroatoms. The van der Waals surface area contributed by atoms with E-state index in [9.17, 15) is 4.79 Å². The van der Waals surface area contributed by atoms with E-state index in [0.29, 0.717) is 19.7 Å². The van der Waals surface area contributed by atoms with Gasteiger partial charge in [0.25, 0.3) is 5.91 Å². The Morgan fingerprint density at radius 1 is 1.44 bits per heavy atom. The third kappa shape index (κ3) is 2.89. The summed E-state index contributed by atoms with van der Waals surface area (Å²) in [4.78, 5) is 14.2. The van der Waals surface area contributed by atoms with E-state index in [1.54, 1.807) is 4.90 Å². The zero-order valence-corrected chi connectivity index (χ0v) is 11.0. The highest BCUT2D eigenvalue weighted by Crippen LogP contribution is 2.17. The van der Waals surface area contributed by atoms with Crippen LogP contribution in [0, 0.1) is 6.92 Å². The van der Waals surface area contributed by atoms with Gasteiger partial charge in [-0.2, -0.15) is 0 Å². The summed E-state index contributed by atoms with van der Waals surface area (Å²) in [5, 5.41) is 3.18. The van der Waals surface area contributed by atoms with Gasteiger partial charge in [-0.3, -0.25) is 4.79 Å². The Hall–Kier alpha value is -1.39. The van der Waals surface area contributed by atoms with Gasteiger partial charge in [-0.25, -0.2) is 0 Å². The molecule has 1 aliphatic heterocycles. The van der Waals surface area contributed by atoms with E-state index in [4.69, 9.17) is 4.74 Å². The first-order valence-corrected chi connectivity index (χ1v) is 6.42. The molecule has 1 saturated heterocycles. The van der Waals surface area contributed by atoms with Crippen LogP contribution in [0.1, 0.15) is 12.5 Å². The van der Waals surface area contributed by atoms with Gasteiger partial charge >= 0.3 is 0 Å². The lowest BCUT2D eigenvalue weighted by Crippen LogP contribution is -2.49. The second-order valence-corrected chi connectivity index (χ2v) is 4.48. The highest BCUT2D eigenvalue weighted by Gasteiger charge is 2.26. The van der Waals surface area contributed by atoms with Gasteiger partial charge < -0.3 is 15.0 Å². The third-order valence-electron chi connectivity index (χ3n) is 3.13. The molecule has 0 spiro atoms. The van der Waals surface area contributed by atoms with E-state index in [1.807, 2.05) is 38.1 Å². The Balaban J connectivity index is 2.12. The molecule has 0 aromatic heterocycles. The summed E-state index contributed by atoms with van der Waals surface area (Å²) >= 11 is 0. The van der Waals surface area contributed by atoms with Crippen molar-refractivity contribution >= 4 is 11.6 Å². The summed E-state index contributed by atoms with van der Waals surface area (Å²) in [5.41, 5.74) is 2.13. The maximum atomic E-state index is 12.4. The second-order valence-electron chi connectivity index (χ2n) is 4.48. The molecule has 1 unspecified atom stereocenters.